The lowest BCUT2D eigenvalue weighted by Crippen LogP contribution is -2.37. The Balaban J connectivity index is 1.33. The summed E-state index contributed by atoms with van der Waals surface area (Å²) in [5.41, 5.74) is 2.25. The Hall–Kier alpha value is -3.94. The fraction of sp³-hybridized carbons (Fsp3) is 0.200. The average Bonchev–Trinajstić information content (AvgIpc) is 3.49. The predicted molar refractivity (Wildman–Crippen MR) is 116 cm³/mol. The summed E-state index contributed by atoms with van der Waals surface area (Å²) in [6.07, 6.45) is 0.0472. The van der Waals surface area contributed by atoms with E-state index in [4.69, 9.17) is 14.3 Å². The van der Waals surface area contributed by atoms with Gasteiger partial charge in [0.2, 0.25) is 6.79 Å². The Morgan fingerprint density at radius 3 is 2.61 bits per heavy atom. The molecular formula is C25H20F2N2O4. The van der Waals surface area contributed by atoms with Crippen molar-refractivity contribution in [1.29, 1.82) is 0 Å². The number of rotatable bonds is 6. The number of oxime groups is 1. The third kappa shape index (κ3) is 4.50. The van der Waals surface area contributed by atoms with Crippen LogP contribution in [0.3, 0.4) is 0 Å². The van der Waals surface area contributed by atoms with Gasteiger partial charge in [0.25, 0.3) is 5.91 Å². The van der Waals surface area contributed by atoms with Crippen LogP contribution in [0.2, 0.25) is 0 Å². The van der Waals surface area contributed by atoms with E-state index in [0.29, 0.717) is 17.9 Å². The maximum atomic E-state index is 14.3. The van der Waals surface area contributed by atoms with E-state index in [1.165, 1.54) is 35.2 Å². The van der Waals surface area contributed by atoms with Crippen LogP contribution in [0.4, 0.5) is 8.78 Å². The Labute approximate surface area is 189 Å². The lowest BCUT2D eigenvalue weighted by Gasteiger charge is -2.25. The summed E-state index contributed by atoms with van der Waals surface area (Å²) in [6.45, 7) is 0.537. The number of halogens is 2. The minimum absolute atomic E-state index is 0.0329. The summed E-state index contributed by atoms with van der Waals surface area (Å²) in [6, 6.07) is 17.2. The highest BCUT2D eigenvalue weighted by molar-refractivity contribution is 6.02. The monoisotopic (exact) mass is 450 g/mol. The molecule has 0 fully saturated rings. The van der Waals surface area contributed by atoms with Crippen LogP contribution in [0.15, 0.2) is 71.9 Å². The van der Waals surface area contributed by atoms with E-state index in [2.05, 4.69) is 5.16 Å². The molecule has 1 atom stereocenters. The normalized spacial score (nSPS) is 16.3. The van der Waals surface area contributed by atoms with Crippen molar-refractivity contribution in [2.75, 3.05) is 13.3 Å². The SMILES string of the molecule is O=C(c1ccccc1F)N(Cc1ccc(F)cc1)C[C@@H]1CC(c2ccc3c(c2)OCO3)=NO1. The molecule has 3 aromatic rings. The van der Waals surface area contributed by atoms with Gasteiger partial charge in [-0.2, -0.15) is 0 Å². The van der Waals surface area contributed by atoms with Crippen molar-refractivity contribution in [3.63, 3.8) is 0 Å². The van der Waals surface area contributed by atoms with Crippen LogP contribution in [0.1, 0.15) is 27.9 Å². The van der Waals surface area contributed by atoms with Crippen molar-refractivity contribution < 1.29 is 27.9 Å². The van der Waals surface area contributed by atoms with Crippen molar-refractivity contribution >= 4 is 11.6 Å². The zero-order chi connectivity index (χ0) is 22.8. The zero-order valence-corrected chi connectivity index (χ0v) is 17.5. The van der Waals surface area contributed by atoms with Crippen LogP contribution in [-0.4, -0.2) is 36.0 Å². The van der Waals surface area contributed by atoms with E-state index in [-0.39, 0.29) is 31.3 Å². The molecule has 0 saturated heterocycles. The third-order valence-electron chi connectivity index (χ3n) is 5.54. The molecule has 2 aliphatic heterocycles. The topological polar surface area (TPSA) is 60.4 Å². The molecule has 0 aromatic heterocycles. The van der Waals surface area contributed by atoms with E-state index in [1.807, 2.05) is 18.2 Å². The first-order valence-electron chi connectivity index (χ1n) is 10.5. The Kier molecular flexibility index (Phi) is 5.64. The lowest BCUT2D eigenvalue weighted by atomic mass is 10.0. The van der Waals surface area contributed by atoms with Crippen LogP contribution in [-0.2, 0) is 11.4 Å². The van der Waals surface area contributed by atoms with E-state index in [0.717, 1.165) is 16.8 Å². The van der Waals surface area contributed by atoms with Crippen LogP contribution >= 0.6 is 0 Å². The number of benzene rings is 3. The second-order valence-electron chi connectivity index (χ2n) is 7.83. The van der Waals surface area contributed by atoms with Gasteiger partial charge in [-0.15, -0.1) is 0 Å². The van der Waals surface area contributed by atoms with Gasteiger partial charge < -0.3 is 19.2 Å². The summed E-state index contributed by atoms with van der Waals surface area (Å²) in [4.78, 5) is 20.3. The second kappa shape index (κ2) is 8.90. The second-order valence-corrected chi connectivity index (χ2v) is 7.83. The van der Waals surface area contributed by atoms with Crippen molar-refractivity contribution in [3.05, 3.63) is 95.1 Å². The standard InChI is InChI=1S/C25H20F2N2O4/c26-18-8-5-16(6-9-18)13-29(25(30)20-3-1-2-4-21(20)27)14-19-12-22(28-33-19)17-7-10-23-24(11-17)32-15-31-23/h1-11,19H,12-15H2/t19-/m0/s1. The average molecular weight is 450 g/mol. The van der Waals surface area contributed by atoms with Crippen molar-refractivity contribution in [3.8, 4) is 11.5 Å². The first kappa shape index (κ1) is 20.9. The molecule has 0 radical (unpaired) electrons. The molecule has 33 heavy (non-hydrogen) atoms. The fourth-order valence-corrected chi connectivity index (χ4v) is 3.85. The molecule has 0 saturated carbocycles. The molecule has 0 aliphatic carbocycles. The maximum Gasteiger partial charge on any atom is 0.257 e. The number of hydrogen-bond acceptors (Lipinski definition) is 5. The summed E-state index contributed by atoms with van der Waals surface area (Å²) in [5.74, 6) is -0.123. The lowest BCUT2D eigenvalue weighted by molar-refractivity contribution is 0.0402. The summed E-state index contributed by atoms with van der Waals surface area (Å²) in [7, 11) is 0. The Morgan fingerprint density at radius 2 is 1.79 bits per heavy atom. The van der Waals surface area contributed by atoms with Gasteiger partial charge in [0.05, 0.1) is 17.8 Å². The van der Waals surface area contributed by atoms with Gasteiger partial charge >= 0.3 is 0 Å². The van der Waals surface area contributed by atoms with Crippen molar-refractivity contribution in [2.45, 2.75) is 19.1 Å². The van der Waals surface area contributed by atoms with Gasteiger partial charge in [0.1, 0.15) is 11.6 Å². The number of nitrogens with zero attached hydrogens (tertiary/aromatic N) is 2. The molecule has 0 bridgehead atoms. The van der Waals surface area contributed by atoms with Crippen molar-refractivity contribution in [2.24, 2.45) is 5.16 Å². The molecule has 8 heteroatoms. The number of amides is 1. The van der Waals surface area contributed by atoms with E-state index >= 15 is 0 Å². The smallest absolute Gasteiger partial charge is 0.257 e. The van der Waals surface area contributed by atoms with Gasteiger partial charge in [-0.25, -0.2) is 8.78 Å². The minimum atomic E-state index is -0.601. The highest BCUT2D eigenvalue weighted by atomic mass is 19.1. The highest BCUT2D eigenvalue weighted by Gasteiger charge is 2.29. The Morgan fingerprint density at radius 1 is 1.00 bits per heavy atom. The number of ether oxygens (including phenoxy) is 2. The van der Waals surface area contributed by atoms with Crippen LogP contribution in [0, 0.1) is 11.6 Å². The molecular weight excluding hydrogens is 430 g/mol. The molecule has 6 nitrogen and oxygen atoms in total. The first-order valence-corrected chi connectivity index (χ1v) is 10.5. The molecule has 1 amide bonds. The highest BCUT2D eigenvalue weighted by Crippen LogP contribution is 2.33. The van der Waals surface area contributed by atoms with Crippen molar-refractivity contribution in [1.82, 2.24) is 4.90 Å². The fourth-order valence-electron chi connectivity index (χ4n) is 3.85. The van der Waals surface area contributed by atoms with Crippen LogP contribution < -0.4 is 9.47 Å². The summed E-state index contributed by atoms with van der Waals surface area (Å²) >= 11 is 0. The van der Waals surface area contributed by atoms with E-state index in [1.54, 1.807) is 18.2 Å². The molecule has 0 spiro atoms. The van der Waals surface area contributed by atoms with Gasteiger partial charge in [0, 0.05) is 18.5 Å². The number of hydrogen-bond donors (Lipinski definition) is 0. The quantitative estimate of drug-likeness (QED) is 0.554. The molecule has 5 rings (SSSR count). The molecule has 3 aromatic carbocycles. The molecule has 0 unspecified atom stereocenters. The zero-order valence-electron chi connectivity index (χ0n) is 17.5. The van der Waals surface area contributed by atoms with Gasteiger partial charge in [-0.3, -0.25) is 4.79 Å². The van der Waals surface area contributed by atoms with E-state index < -0.39 is 17.8 Å². The summed E-state index contributed by atoms with van der Waals surface area (Å²) in [5, 5.41) is 4.19. The molecule has 2 aliphatic rings. The number of carbonyl (C=O) groups excluding carboxylic acids is 1. The number of fused-ring (bicyclic) bond motifs is 1. The van der Waals surface area contributed by atoms with Gasteiger partial charge in [-0.1, -0.05) is 29.4 Å². The third-order valence-corrected chi connectivity index (χ3v) is 5.54. The van der Waals surface area contributed by atoms with Gasteiger partial charge in [0.15, 0.2) is 17.6 Å². The van der Waals surface area contributed by atoms with Gasteiger partial charge in [-0.05, 0) is 48.0 Å². The summed E-state index contributed by atoms with van der Waals surface area (Å²) < 4.78 is 38.4. The van der Waals surface area contributed by atoms with E-state index in [9.17, 15) is 13.6 Å². The first-order chi connectivity index (χ1) is 16.1. The molecule has 0 N–H and O–H groups in total. The van der Waals surface area contributed by atoms with Crippen LogP contribution in [0.25, 0.3) is 0 Å². The predicted octanol–water partition coefficient (Wildman–Crippen LogP) is 4.53. The molecule has 2 heterocycles. The maximum absolute atomic E-state index is 14.3. The Bertz CT molecular complexity index is 1210. The molecule has 168 valence electrons. The number of carbonyl (C=O) groups is 1. The minimum Gasteiger partial charge on any atom is -0.454 e. The largest absolute Gasteiger partial charge is 0.454 e. The van der Waals surface area contributed by atoms with Crippen LogP contribution in [0.5, 0.6) is 11.5 Å².